The maximum Gasteiger partial charge on any atom is 0.132 e. The molecule has 0 radical (unpaired) electrons. The second-order valence-electron chi connectivity index (χ2n) is 5.51. The summed E-state index contributed by atoms with van der Waals surface area (Å²) in [4.78, 5) is 11.0. The normalized spacial score (nSPS) is 19.1. The first-order valence-electron chi connectivity index (χ1n) is 7.07. The average molecular weight is 289 g/mol. The molecule has 110 valence electrons. The maximum atomic E-state index is 13.7. The predicted octanol–water partition coefficient (Wildman–Crippen LogP) is 3.05. The van der Waals surface area contributed by atoms with E-state index in [0.29, 0.717) is 12.1 Å². The van der Waals surface area contributed by atoms with Crippen molar-refractivity contribution in [3.8, 4) is 0 Å². The molecule has 1 aliphatic heterocycles. The highest BCUT2D eigenvalue weighted by Gasteiger charge is 2.26. The van der Waals surface area contributed by atoms with Crippen molar-refractivity contribution in [2.24, 2.45) is 0 Å². The second-order valence-corrected chi connectivity index (χ2v) is 5.51. The third-order valence-corrected chi connectivity index (χ3v) is 3.86. The second kappa shape index (κ2) is 5.85. The molecule has 1 aliphatic rings. The number of rotatable bonds is 3. The molecular weight excluding hydrogens is 272 g/mol. The van der Waals surface area contributed by atoms with Crippen molar-refractivity contribution >= 4 is 0 Å². The Morgan fingerprint density at radius 1 is 1.29 bits per heavy atom. The van der Waals surface area contributed by atoms with Crippen LogP contribution in [-0.4, -0.2) is 28.0 Å². The van der Waals surface area contributed by atoms with Crippen molar-refractivity contribution < 1.29 is 8.78 Å². The van der Waals surface area contributed by atoms with Gasteiger partial charge in [-0.25, -0.2) is 18.7 Å². The Labute approximate surface area is 122 Å². The molecule has 3 nitrogen and oxygen atoms in total. The van der Waals surface area contributed by atoms with E-state index >= 15 is 0 Å². The van der Waals surface area contributed by atoms with Gasteiger partial charge in [-0.15, -0.1) is 0 Å². The van der Waals surface area contributed by atoms with Crippen LogP contribution in [0.4, 0.5) is 8.78 Å². The van der Waals surface area contributed by atoms with Crippen LogP contribution in [0.15, 0.2) is 30.5 Å². The molecule has 2 heterocycles. The molecule has 0 amide bonds. The summed E-state index contributed by atoms with van der Waals surface area (Å²) >= 11 is 0. The monoisotopic (exact) mass is 289 g/mol. The zero-order valence-corrected chi connectivity index (χ0v) is 11.9. The molecule has 1 saturated heterocycles. The number of benzene rings is 1. The highest BCUT2D eigenvalue weighted by Crippen LogP contribution is 2.26. The lowest BCUT2D eigenvalue weighted by Crippen LogP contribution is -2.21. The lowest BCUT2D eigenvalue weighted by atomic mass is 10.1. The molecule has 1 atom stereocenters. The smallest absolute Gasteiger partial charge is 0.132 e. The van der Waals surface area contributed by atoms with Crippen LogP contribution in [0.2, 0.25) is 0 Å². The van der Waals surface area contributed by atoms with Crippen LogP contribution in [0.1, 0.15) is 29.4 Å². The van der Waals surface area contributed by atoms with Crippen molar-refractivity contribution in [2.75, 3.05) is 13.1 Å². The quantitative estimate of drug-likeness (QED) is 0.869. The molecule has 0 N–H and O–H groups in total. The van der Waals surface area contributed by atoms with E-state index in [0.717, 1.165) is 37.1 Å². The molecule has 5 heteroatoms. The highest BCUT2D eigenvalue weighted by atomic mass is 19.1. The van der Waals surface area contributed by atoms with Gasteiger partial charge in [0.1, 0.15) is 17.5 Å². The summed E-state index contributed by atoms with van der Waals surface area (Å²) in [7, 11) is 0. The molecule has 0 bridgehead atoms. The van der Waals surface area contributed by atoms with Gasteiger partial charge in [0.2, 0.25) is 0 Å². The minimum Gasteiger partial charge on any atom is -0.298 e. The van der Waals surface area contributed by atoms with Crippen LogP contribution in [0.3, 0.4) is 0 Å². The summed E-state index contributed by atoms with van der Waals surface area (Å²) in [6, 6.07) is 5.63. The Hall–Kier alpha value is -1.88. The molecule has 1 aromatic carbocycles. The molecule has 3 rings (SSSR count). The lowest BCUT2D eigenvalue weighted by Gasteiger charge is -2.16. The number of halogens is 2. The van der Waals surface area contributed by atoms with Gasteiger partial charge in [-0.3, -0.25) is 4.90 Å². The Morgan fingerprint density at radius 3 is 2.90 bits per heavy atom. The Bertz CT molecular complexity index is 645. The molecule has 1 fully saturated rings. The summed E-state index contributed by atoms with van der Waals surface area (Å²) in [5.74, 6) is 0.124. The van der Waals surface area contributed by atoms with Gasteiger partial charge in [0.15, 0.2) is 0 Å². The molecule has 21 heavy (non-hydrogen) atoms. The number of hydrogen-bond acceptors (Lipinski definition) is 3. The topological polar surface area (TPSA) is 29.0 Å². The van der Waals surface area contributed by atoms with Crippen LogP contribution in [0.25, 0.3) is 0 Å². The molecule has 0 unspecified atom stereocenters. The average Bonchev–Trinajstić information content (AvgIpc) is 2.91. The van der Waals surface area contributed by atoms with Gasteiger partial charge >= 0.3 is 0 Å². The fourth-order valence-electron chi connectivity index (χ4n) is 2.74. The number of aromatic nitrogens is 2. The number of hydrogen-bond donors (Lipinski definition) is 0. The summed E-state index contributed by atoms with van der Waals surface area (Å²) < 4.78 is 26.6. The van der Waals surface area contributed by atoms with E-state index in [-0.39, 0.29) is 5.92 Å². The van der Waals surface area contributed by atoms with E-state index < -0.39 is 11.6 Å². The maximum absolute atomic E-state index is 13.7. The van der Waals surface area contributed by atoms with E-state index in [2.05, 4.69) is 14.9 Å². The lowest BCUT2D eigenvalue weighted by molar-refractivity contribution is 0.319. The van der Waals surface area contributed by atoms with Crippen LogP contribution in [0.5, 0.6) is 0 Å². The summed E-state index contributed by atoms with van der Waals surface area (Å²) in [6.07, 6.45) is 2.74. The number of aryl methyl sites for hydroxylation is 1. The van der Waals surface area contributed by atoms with Crippen LogP contribution in [0, 0.1) is 18.6 Å². The van der Waals surface area contributed by atoms with E-state index in [1.165, 1.54) is 12.1 Å². The van der Waals surface area contributed by atoms with Crippen molar-refractivity contribution in [2.45, 2.75) is 25.8 Å². The zero-order chi connectivity index (χ0) is 14.8. The van der Waals surface area contributed by atoms with Gasteiger partial charge < -0.3 is 0 Å². The van der Waals surface area contributed by atoms with Crippen molar-refractivity contribution in [1.29, 1.82) is 0 Å². The van der Waals surface area contributed by atoms with Gasteiger partial charge in [0.25, 0.3) is 0 Å². The van der Waals surface area contributed by atoms with E-state index in [4.69, 9.17) is 0 Å². The van der Waals surface area contributed by atoms with E-state index in [9.17, 15) is 8.78 Å². The fourth-order valence-corrected chi connectivity index (χ4v) is 2.74. The van der Waals surface area contributed by atoms with Crippen LogP contribution < -0.4 is 0 Å². The Balaban J connectivity index is 1.67. The first-order valence-corrected chi connectivity index (χ1v) is 7.07. The standard InChI is InChI=1S/C16H17F2N3/c1-11-4-6-19-16(20-11)13-5-7-21(10-13)9-12-2-3-14(17)8-15(12)18/h2-4,6,8,13H,5,7,9-10H2,1H3/t13-/m0/s1. The summed E-state index contributed by atoms with van der Waals surface area (Å²) in [6.45, 7) is 4.12. The molecule has 2 aromatic rings. The van der Waals surface area contributed by atoms with Crippen molar-refractivity contribution in [3.63, 3.8) is 0 Å². The SMILES string of the molecule is Cc1ccnc([C@H]2CCN(Cc3ccc(F)cc3F)C2)n1. The predicted molar refractivity (Wildman–Crippen MR) is 75.8 cm³/mol. The highest BCUT2D eigenvalue weighted by molar-refractivity contribution is 5.19. The largest absolute Gasteiger partial charge is 0.298 e. The van der Waals surface area contributed by atoms with Crippen molar-refractivity contribution in [1.82, 2.24) is 14.9 Å². The number of nitrogens with zero attached hydrogens (tertiary/aromatic N) is 3. The molecule has 1 aromatic heterocycles. The zero-order valence-electron chi connectivity index (χ0n) is 11.9. The Kier molecular flexibility index (Phi) is 3.92. The van der Waals surface area contributed by atoms with Gasteiger partial charge in [-0.1, -0.05) is 6.07 Å². The minimum absolute atomic E-state index is 0.286. The van der Waals surface area contributed by atoms with Crippen molar-refractivity contribution in [3.05, 3.63) is 59.2 Å². The van der Waals surface area contributed by atoms with Crippen LogP contribution >= 0.6 is 0 Å². The van der Waals surface area contributed by atoms with Gasteiger partial charge in [0.05, 0.1) is 0 Å². The van der Waals surface area contributed by atoms with E-state index in [1.807, 2.05) is 13.0 Å². The third-order valence-electron chi connectivity index (χ3n) is 3.86. The third kappa shape index (κ3) is 3.24. The first kappa shape index (κ1) is 14.1. The number of likely N-dealkylation sites (tertiary alicyclic amines) is 1. The Morgan fingerprint density at radius 2 is 2.14 bits per heavy atom. The van der Waals surface area contributed by atoms with Crippen LogP contribution in [-0.2, 0) is 6.54 Å². The molecule has 0 spiro atoms. The van der Waals surface area contributed by atoms with Gasteiger partial charge in [-0.05, 0) is 32.0 Å². The molecule has 0 saturated carbocycles. The van der Waals surface area contributed by atoms with Gasteiger partial charge in [0, 0.05) is 42.5 Å². The van der Waals surface area contributed by atoms with Gasteiger partial charge in [-0.2, -0.15) is 0 Å². The first-order chi connectivity index (χ1) is 10.1. The molecular formula is C16H17F2N3. The summed E-state index contributed by atoms with van der Waals surface area (Å²) in [5, 5.41) is 0. The minimum atomic E-state index is -0.538. The fraction of sp³-hybridized carbons (Fsp3) is 0.375. The molecule has 0 aliphatic carbocycles. The van der Waals surface area contributed by atoms with E-state index in [1.54, 1.807) is 6.20 Å². The summed E-state index contributed by atoms with van der Waals surface area (Å²) in [5.41, 5.74) is 1.49.